The molecule has 0 spiro atoms. The first-order valence-corrected chi connectivity index (χ1v) is 7.62. The molecular weight excluding hydrogens is 320 g/mol. The van der Waals surface area contributed by atoms with E-state index in [0.717, 1.165) is 5.56 Å². The Labute approximate surface area is 140 Å². The average molecular weight is 337 g/mol. The predicted octanol–water partition coefficient (Wildman–Crippen LogP) is 3.32. The molecule has 4 nitrogen and oxygen atoms in total. The fraction of sp³-hybridized carbons (Fsp3) is 0.250. The number of amides is 1. The lowest BCUT2D eigenvalue weighted by Gasteiger charge is -2.13. The lowest BCUT2D eigenvalue weighted by molar-refractivity contribution is -0.122. The molecule has 0 unspecified atom stereocenters. The minimum Gasteiger partial charge on any atom is -0.488 e. The van der Waals surface area contributed by atoms with Gasteiger partial charge in [-0.25, -0.2) is 0 Å². The maximum atomic E-state index is 12.3. The molecule has 1 aromatic carbocycles. The van der Waals surface area contributed by atoms with Crippen molar-refractivity contribution in [3.05, 3.63) is 47.1 Å². The Balaban J connectivity index is 2.29. The largest absolute Gasteiger partial charge is 0.488 e. The van der Waals surface area contributed by atoms with E-state index in [1.165, 1.54) is 0 Å². The average Bonchev–Trinajstić information content (AvgIpc) is 2.70. The van der Waals surface area contributed by atoms with Crippen molar-refractivity contribution in [2.45, 2.75) is 6.92 Å². The van der Waals surface area contributed by atoms with E-state index in [4.69, 9.17) is 28.6 Å². The summed E-state index contributed by atoms with van der Waals surface area (Å²) in [7, 11) is 1.78. The molecule has 2 rings (SSSR count). The number of carbonyl (C=O) groups is 1. The summed E-state index contributed by atoms with van der Waals surface area (Å²) < 4.78 is 5.43. The van der Waals surface area contributed by atoms with Gasteiger partial charge in [0.2, 0.25) is 0 Å². The first-order chi connectivity index (χ1) is 10.5. The fourth-order valence-corrected chi connectivity index (χ4v) is 2.67. The summed E-state index contributed by atoms with van der Waals surface area (Å²) in [4.78, 5) is 15.6. The number of hydrogen-bond acceptors (Lipinski definition) is 3. The number of ether oxygens (including phenoxy) is 1. The normalized spacial score (nSPS) is 16.6. The number of carbonyl (C=O) groups excluding carboxylic acids is 1. The second-order valence-corrected chi connectivity index (χ2v) is 5.48. The second-order valence-electron chi connectivity index (χ2n) is 4.71. The summed E-state index contributed by atoms with van der Waals surface area (Å²) in [5.74, 6) is 0.485. The smallest absolute Gasteiger partial charge is 0.276 e. The maximum absolute atomic E-state index is 12.3. The third-order valence-corrected chi connectivity index (χ3v) is 4.07. The van der Waals surface area contributed by atoms with Gasteiger partial charge >= 0.3 is 0 Å². The van der Waals surface area contributed by atoms with Crippen LogP contribution >= 0.6 is 23.8 Å². The quantitative estimate of drug-likeness (QED) is 0.469. The summed E-state index contributed by atoms with van der Waals surface area (Å²) in [6.45, 7) is 6.43. The van der Waals surface area contributed by atoms with Crippen LogP contribution in [0.4, 0.5) is 0 Å². The van der Waals surface area contributed by atoms with Crippen molar-refractivity contribution < 1.29 is 9.53 Å². The molecule has 1 aromatic rings. The number of likely N-dealkylation sites (N-methyl/N-ethyl adjacent to an activating group) is 2. The molecule has 0 atom stereocenters. The minimum absolute atomic E-state index is 0.0990. The van der Waals surface area contributed by atoms with Crippen molar-refractivity contribution in [2.24, 2.45) is 0 Å². The molecule has 0 saturated carbocycles. The molecule has 1 fully saturated rings. The highest BCUT2D eigenvalue weighted by molar-refractivity contribution is 7.80. The first-order valence-electron chi connectivity index (χ1n) is 6.84. The third-order valence-electron chi connectivity index (χ3n) is 3.28. The van der Waals surface area contributed by atoms with Gasteiger partial charge in [-0.2, -0.15) is 0 Å². The second kappa shape index (κ2) is 6.94. The van der Waals surface area contributed by atoms with E-state index in [2.05, 4.69) is 6.58 Å². The van der Waals surface area contributed by atoms with Gasteiger partial charge in [0.1, 0.15) is 18.1 Å². The maximum Gasteiger partial charge on any atom is 0.276 e. The summed E-state index contributed by atoms with van der Waals surface area (Å²) in [6, 6.07) is 5.37. The fourth-order valence-electron chi connectivity index (χ4n) is 2.12. The molecule has 1 aliphatic rings. The number of hydrogen-bond donors (Lipinski definition) is 0. The Morgan fingerprint density at radius 3 is 2.73 bits per heavy atom. The molecular formula is C16H17ClN2O2S. The molecule has 0 aliphatic carbocycles. The molecule has 1 aliphatic heterocycles. The SMILES string of the molecule is C=CCOc1ccc(/C=C2/C(=O)N(CC)C(=S)N2C)cc1Cl. The molecule has 1 saturated heterocycles. The highest BCUT2D eigenvalue weighted by atomic mass is 35.5. The van der Waals surface area contributed by atoms with Crippen LogP contribution in [-0.4, -0.2) is 41.0 Å². The van der Waals surface area contributed by atoms with Gasteiger partial charge in [-0.3, -0.25) is 9.69 Å². The van der Waals surface area contributed by atoms with Crippen LogP contribution in [0.1, 0.15) is 12.5 Å². The van der Waals surface area contributed by atoms with Crippen molar-refractivity contribution in [3.63, 3.8) is 0 Å². The van der Waals surface area contributed by atoms with Crippen LogP contribution in [-0.2, 0) is 4.79 Å². The molecule has 22 heavy (non-hydrogen) atoms. The van der Waals surface area contributed by atoms with Crippen molar-refractivity contribution in [1.82, 2.24) is 9.80 Å². The van der Waals surface area contributed by atoms with E-state index < -0.39 is 0 Å². The standard InChI is InChI=1S/C16H17ClN2O2S/c1-4-8-21-14-7-6-11(9-12(14)17)10-13-15(20)19(5-2)16(22)18(13)3/h4,6-7,9-10H,1,5,8H2,2-3H3/b13-10-. The minimum atomic E-state index is -0.0990. The summed E-state index contributed by atoms with van der Waals surface area (Å²) >= 11 is 11.4. The van der Waals surface area contributed by atoms with E-state index >= 15 is 0 Å². The zero-order valence-electron chi connectivity index (χ0n) is 12.5. The molecule has 6 heteroatoms. The van der Waals surface area contributed by atoms with Crippen LogP contribution in [0.3, 0.4) is 0 Å². The van der Waals surface area contributed by atoms with Crippen LogP contribution in [0.2, 0.25) is 5.02 Å². The Bertz CT molecular complexity index is 658. The van der Waals surface area contributed by atoms with Crippen LogP contribution in [0.5, 0.6) is 5.75 Å². The molecule has 0 aromatic heterocycles. The van der Waals surface area contributed by atoms with Crippen LogP contribution in [0, 0.1) is 0 Å². The summed E-state index contributed by atoms with van der Waals surface area (Å²) in [5, 5.41) is 0.995. The van der Waals surface area contributed by atoms with Crippen LogP contribution in [0.25, 0.3) is 6.08 Å². The van der Waals surface area contributed by atoms with E-state index in [1.54, 1.807) is 41.1 Å². The highest BCUT2D eigenvalue weighted by Crippen LogP contribution is 2.28. The van der Waals surface area contributed by atoms with E-state index in [9.17, 15) is 4.79 Å². The molecule has 0 N–H and O–H groups in total. The lowest BCUT2D eigenvalue weighted by Crippen LogP contribution is -2.30. The number of thiocarbonyl (C=S) groups is 1. The van der Waals surface area contributed by atoms with E-state index in [-0.39, 0.29) is 5.91 Å². The Morgan fingerprint density at radius 1 is 1.45 bits per heavy atom. The molecule has 1 heterocycles. The van der Waals surface area contributed by atoms with Crippen molar-refractivity contribution >= 4 is 40.9 Å². The lowest BCUT2D eigenvalue weighted by atomic mass is 10.1. The van der Waals surface area contributed by atoms with Crippen molar-refractivity contribution in [2.75, 3.05) is 20.2 Å². The number of rotatable bonds is 5. The zero-order valence-corrected chi connectivity index (χ0v) is 14.1. The monoisotopic (exact) mass is 336 g/mol. The van der Waals surface area contributed by atoms with Crippen LogP contribution in [0.15, 0.2) is 36.6 Å². The van der Waals surface area contributed by atoms with Gasteiger partial charge in [0.25, 0.3) is 5.91 Å². The first kappa shape index (κ1) is 16.5. The van der Waals surface area contributed by atoms with Gasteiger partial charge in [-0.15, -0.1) is 0 Å². The van der Waals surface area contributed by atoms with Crippen LogP contribution < -0.4 is 4.74 Å². The van der Waals surface area contributed by atoms with Gasteiger partial charge in [0.05, 0.1) is 5.02 Å². The summed E-state index contributed by atoms with van der Waals surface area (Å²) in [5.41, 5.74) is 1.34. The number of nitrogens with zero attached hydrogens (tertiary/aromatic N) is 2. The molecule has 0 bridgehead atoms. The highest BCUT2D eigenvalue weighted by Gasteiger charge is 2.34. The molecule has 0 radical (unpaired) electrons. The topological polar surface area (TPSA) is 32.8 Å². The van der Waals surface area contributed by atoms with Gasteiger partial charge in [-0.1, -0.05) is 30.3 Å². The predicted molar refractivity (Wildman–Crippen MR) is 92.9 cm³/mol. The van der Waals surface area contributed by atoms with Crippen molar-refractivity contribution in [3.8, 4) is 5.75 Å². The van der Waals surface area contributed by atoms with Gasteiger partial charge in [0.15, 0.2) is 5.11 Å². The Hall–Kier alpha value is -1.85. The van der Waals surface area contributed by atoms with Crippen molar-refractivity contribution in [1.29, 1.82) is 0 Å². The molecule has 1 amide bonds. The zero-order chi connectivity index (χ0) is 16.3. The van der Waals surface area contributed by atoms with E-state index in [1.807, 2.05) is 13.0 Å². The number of benzene rings is 1. The Morgan fingerprint density at radius 2 is 2.18 bits per heavy atom. The van der Waals surface area contributed by atoms with Gasteiger partial charge < -0.3 is 9.64 Å². The molecule has 116 valence electrons. The number of halogens is 1. The Kier molecular flexibility index (Phi) is 5.21. The third kappa shape index (κ3) is 3.15. The van der Waals surface area contributed by atoms with E-state index in [0.29, 0.717) is 34.7 Å². The summed E-state index contributed by atoms with van der Waals surface area (Å²) in [6.07, 6.45) is 3.42. The van der Waals surface area contributed by atoms with Gasteiger partial charge in [0, 0.05) is 13.6 Å². The van der Waals surface area contributed by atoms with Gasteiger partial charge in [-0.05, 0) is 42.9 Å².